The lowest BCUT2D eigenvalue weighted by atomic mass is 10.3. The first-order valence-electron chi connectivity index (χ1n) is 5.49. The first-order valence-corrected chi connectivity index (χ1v) is 6.93. The van der Waals surface area contributed by atoms with Gasteiger partial charge in [0.15, 0.2) is 0 Å². The molecule has 1 rings (SSSR count). The van der Waals surface area contributed by atoms with E-state index >= 15 is 0 Å². The van der Waals surface area contributed by atoms with Crippen LogP contribution in [0.1, 0.15) is 13.3 Å². The first-order chi connectivity index (χ1) is 8.02. The summed E-state index contributed by atoms with van der Waals surface area (Å²) in [6.07, 6.45) is 0.426. The molecule has 0 aliphatic carbocycles. The van der Waals surface area contributed by atoms with Crippen LogP contribution >= 0.6 is 0 Å². The Hall–Kier alpha value is -1.11. The van der Waals surface area contributed by atoms with E-state index in [0.717, 1.165) is 0 Å². The minimum Gasteiger partial charge on any atom is -0.399 e. The number of rotatable bonds is 6. The Labute approximate surface area is 102 Å². The second-order valence-electron chi connectivity index (χ2n) is 3.65. The van der Waals surface area contributed by atoms with Gasteiger partial charge in [-0.15, -0.1) is 0 Å². The number of benzene rings is 1. The number of hydrogen-bond acceptors (Lipinski definition) is 4. The minimum absolute atomic E-state index is 0.0249. The number of nitrogen functional groups attached to an aromatic ring is 1. The third-order valence-corrected chi connectivity index (χ3v) is 4.38. The maximum absolute atomic E-state index is 12.2. The molecule has 6 heteroatoms. The lowest BCUT2D eigenvalue weighted by Crippen LogP contribution is -2.32. The molecule has 1 aromatic rings. The fraction of sp³-hybridized carbons (Fsp3) is 0.455. The van der Waals surface area contributed by atoms with E-state index in [2.05, 4.69) is 0 Å². The molecule has 0 unspecified atom stereocenters. The number of nitrogens with zero attached hydrogens (tertiary/aromatic N) is 1. The summed E-state index contributed by atoms with van der Waals surface area (Å²) in [7, 11) is -3.50. The van der Waals surface area contributed by atoms with Crippen molar-refractivity contribution in [2.24, 2.45) is 0 Å². The van der Waals surface area contributed by atoms with Crippen LogP contribution < -0.4 is 5.73 Å². The van der Waals surface area contributed by atoms with Crippen LogP contribution in [0.25, 0.3) is 0 Å². The third kappa shape index (κ3) is 3.42. The minimum atomic E-state index is -3.50. The fourth-order valence-corrected chi connectivity index (χ4v) is 3.06. The summed E-state index contributed by atoms with van der Waals surface area (Å²) < 4.78 is 25.8. The molecule has 0 aliphatic heterocycles. The zero-order chi connectivity index (χ0) is 12.9. The zero-order valence-electron chi connectivity index (χ0n) is 9.83. The van der Waals surface area contributed by atoms with E-state index in [9.17, 15) is 8.42 Å². The van der Waals surface area contributed by atoms with Crippen molar-refractivity contribution >= 4 is 15.7 Å². The second kappa shape index (κ2) is 6.00. The lowest BCUT2D eigenvalue weighted by molar-refractivity contribution is 0.271. The summed E-state index contributed by atoms with van der Waals surface area (Å²) >= 11 is 0. The van der Waals surface area contributed by atoms with Crippen LogP contribution in [0.5, 0.6) is 0 Å². The quantitative estimate of drug-likeness (QED) is 0.734. The third-order valence-electron chi connectivity index (χ3n) is 2.41. The molecule has 1 aromatic carbocycles. The summed E-state index contributed by atoms with van der Waals surface area (Å²) in [5.41, 5.74) is 5.99. The molecular weight excluding hydrogens is 240 g/mol. The van der Waals surface area contributed by atoms with E-state index in [0.29, 0.717) is 25.2 Å². The number of nitrogens with two attached hydrogens (primary N) is 1. The lowest BCUT2D eigenvalue weighted by Gasteiger charge is -2.20. The van der Waals surface area contributed by atoms with Gasteiger partial charge in [0.2, 0.25) is 10.0 Å². The molecule has 0 fully saturated rings. The van der Waals surface area contributed by atoms with Gasteiger partial charge in [0.05, 0.1) is 4.90 Å². The zero-order valence-corrected chi connectivity index (χ0v) is 10.7. The normalized spacial score (nSPS) is 11.9. The largest absolute Gasteiger partial charge is 0.399 e. The predicted octanol–water partition coefficient (Wildman–Crippen LogP) is 0.662. The maximum atomic E-state index is 12.2. The van der Waals surface area contributed by atoms with E-state index in [4.69, 9.17) is 10.8 Å². The van der Waals surface area contributed by atoms with Crippen LogP contribution in [-0.2, 0) is 10.0 Å². The highest BCUT2D eigenvalue weighted by Crippen LogP contribution is 2.18. The summed E-state index contributed by atoms with van der Waals surface area (Å²) in [5, 5.41) is 8.75. The molecule has 0 amide bonds. The van der Waals surface area contributed by atoms with Gasteiger partial charge >= 0.3 is 0 Å². The van der Waals surface area contributed by atoms with Crippen molar-refractivity contribution in [3.63, 3.8) is 0 Å². The number of aliphatic hydroxyl groups is 1. The van der Waals surface area contributed by atoms with E-state index in [1.807, 2.05) is 0 Å². The smallest absolute Gasteiger partial charge is 0.243 e. The monoisotopic (exact) mass is 258 g/mol. The Morgan fingerprint density at radius 1 is 1.41 bits per heavy atom. The molecule has 0 saturated heterocycles. The Balaban J connectivity index is 3.00. The molecule has 3 N–H and O–H groups in total. The SMILES string of the molecule is CCN(CCCO)S(=O)(=O)c1cccc(N)c1. The van der Waals surface area contributed by atoms with Crippen LogP contribution in [0, 0.1) is 0 Å². The standard InChI is InChI=1S/C11H18N2O3S/c1-2-13(7-4-8-14)17(15,16)11-6-3-5-10(12)9-11/h3,5-6,9,14H,2,4,7-8,12H2,1H3. The predicted molar refractivity (Wildman–Crippen MR) is 67.0 cm³/mol. The Morgan fingerprint density at radius 3 is 2.65 bits per heavy atom. The number of sulfonamides is 1. The molecule has 0 aliphatic rings. The Bertz CT molecular complexity index is 460. The molecule has 5 nitrogen and oxygen atoms in total. The molecule has 0 heterocycles. The summed E-state index contributed by atoms with van der Waals surface area (Å²) in [4.78, 5) is 0.192. The van der Waals surface area contributed by atoms with Crippen molar-refractivity contribution < 1.29 is 13.5 Å². The Kier molecular flexibility index (Phi) is 4.92. The highest BCUT2D eigenvalue weighted by molar-refractivity contribution is 7.89. The van der Waals surface area contributed by atoms with Gasteiger partial charge in [-0.05, 0) is 24.6 Å². The average Bonchev–Trinajstić information content (AvgIpc) is 2.30. The molecule has 0 spiro atoms. The number of anilines is 1. The maximum Gasteiger partial charge on any atom is 0.243 e. The van der Waals surface area contributed by atoms with E-state index in [-0.39, 0.29) is 11.5 Å². The van der Waals surface area contributed by atoms with Gasteiger partial charge < -0.3 is 10.8 Å². The van der Waals surface area contributed by atoms with Crippen molar-refractivity contribution in [2.75, 3.05) is 25.4 Å². The van der Waals surface area contributed by atoms with Crippen molar-refractivity contribution in [1.29, 1.82) is 0 Å². The molecule has 17 heavy (non-hydrogen) atoms. The summed E-state index contributed by atoms with van der Waals surface area (Å²) in [5.74, 6) is 0. The summed E-state index contributed by atoms with van der Waals surface area (Å²) in [6.45, 7) is 2.42. The van der Waals surface area contributed by atoms with E-state index in [1.165, 1.54) is 16.4 Å². The molecule has 0 aromatic heterocycles. The average molecular weight is 258 g/mol. The molecule has 96 valence electrons. The van der Waals surface area contributed by atoms with Crippen molar-refractivity contribution in [3.8, 4) is 0 Å². The molecule has 0 saturated carbocycles. The highest BCUT2D eigenvalue weighted by atomic mass is 32.2. The molecule has 0 radical (unpaired) electrons. The second-order valence-corrected chi connectivity index (χ2v) is 5.58. The van der Waals surface area contributed by atoms with Crippen LogP contribution in [0.4, 0.5) is 5.69 Å². The van der Waals surface area contributed by atoms with E-state index in [1.54, 1.807) is 19.1 Å². The number of aliphatic hydroxyl groups excluding tert-OH is 1. The van der Waals surface area contributed by atoms with Gasteiger partial charge in [0, 0.05) is 25.4 Å². The van der Waals surface area contributed by atoms with Crippen LogP contribution in [0.2, 0.25) is 0 Å². The van der Waals surface area contributed by atoms with Gasteiger partial charge in [0.25, 0.3) is 0 Å². The first kappa shape index (κ1) is 14.0. The number of hydrogen-bond donors (Lipinski definition) is 2. The van der Waals surface area contributed by atoms with Gasteiger partial charge in [-0.3, -0.25) is 0 Å². The molecule has 0 atom stereocenters. The van der Waals surface area contributed by atoms with Crippen LogP contribution in [0.15, 0.2) is 29.2 Å². The van der Waals surface area contributed by atoms with Gasteiger partial charge in [-0.2, -0.15) is 4.31 Å². The van der Waals surface area contributed by atoms with Gasteiger partial charge in [-0.25, -0.2) is 8.42 Å². The van der Waals surface area contributed by atoms with Crippen molar-refractivity contribution in [2.45, 2.75) is 18.2 Å². The summed E-state index contributed by atoms with van der Waals surface area (Å²) in [6, 6.07) is 6.22. The van der Waals surface area contributed by atoms with Gasteiger partial charge in [0.1, 0.15) is 0 Å². The fourth-order valence-electron chi connectivity index (χ4n) is 1.52. The molecule has 0 bridgehead atoms. The van der Waals surface area contributed by atoms with Gasteiger partial charge in [-0.1, -0.05) is 13.0 Å². The van der Waals surface area contributed by atoms with Crippen LogP contribution in [-0.4, -0.2) is 37.5 Å². The van der Waals surface area contributed by atoms with E-state index < -0.39 is 10.0 Å². The Morgan fingerprint density at radius 2 is 2.12 bits per heavy atom. The topological polar surface area (TPSA) is 83.6 Å². The van der Waals surface area contributed by atoms with Crippen molar-refractivity contribution in [1.82, 2.24) is 4.31 Å². The van der Waals surface area contributed by atoms with Crippen molar-refractivity contribution in [3.05, 3.63) is 24.3 Å². The highest BCUT2D eigenvalue weighted by Gasteiger charge is 2.22. The molecular formula is C11H18N2O3S. The van der Waals surface area contributed by atoms with Crippen LogP contribution in [0.3, 0.4) is 0 Å².